The Hall–Kier alpha value is -1.31. The van der Waals surface area contributed by atoms with Gasteiger partial charge in [0.05, 0.1) is 6.42 Å². The van der Waals surface area contributed by atoms with Gasteiger partial charge >= 0.3 is 5.97 Å². The van der Waals surface area contributed by atoms with Crippen molar-refractivity contribution < 1.29 is 9.90 Å². The summed E-state index contributed by atoms with van der Waals surface area (Å²) in [4.78, 5) is 10.7. The Bertz CT molecular complexity index is 369. The minimum absolute atomic E-state index is 0.134. The number of unbranched alkanes of at least 4 members (excludes halogenated alkanes) is 3. The topological polar surface area (TPSA) is 37.3 Å². The van der Waals surface area contributed by atoms with Gasteiger partial charge in [-0.1, -0.05) is 44.4 Å². The summed E-state index contributed by atoms with van der Waals surface area (Å²) >= 11 is 0. The van der Waals surface area contributed by atoms with Gasteiger partial charge in [0.1, 0.15) is 0 Å². The van der Waals surface area contributed by atoms with Crippen LogP contribution in [0.5, 0.6) is 0 Å². The van der Waals surface area contributed by atoms with Crippen LogP contribution in [0.15, 0.2) is 18.2 Å². The molecule has 2 heteroatoms. The van der Waals surface area contributed by atoms with Crippen molar-refractivity contribution in [1.82, 2.24) is 0 Å². The Morgan fingerprint density at radius 2 is 2.00 bits per heavy atom. The van der Waals surface area contributed by atoms with E-state index in [1.807, 2.05) is 13.0 Å². The van der Waals surface area contributed by atoms with Gasteiger partial charge in [0.15, 0.2) is 0 Å². The highest BCUT2D eigenvalue weighted by Crippen LogP contribution is 2.14. The molecule has 1 N–H and O–H groups in total. The molecule has 0 aliphatic carbocycles. The van der Waals surface area contributed by atoms with Crippen LogP contribution in [0.4, 0.5) is 0 Å². The molecular weight excluding hydrogens is 212 g/mol. The second-order valence-electron chi connectivity index (χ2n) is 4.64. The smallest absolute Gasteiger partial charge is 0.307 e. The molecule has 0 saturated carbocycles. The average Bonchev–Trinajstić information content (AvgIpc) is 2.28. The third kappa shape index (κ3) is 5.03. The van der Waals surface area contributed by atoms with Gasteiger partial charge in [-0.25, -0.2) is 0 Å². The molecule has 94 valence electrons. The van der Waals surface area contributed by atoms with Gasteiger partial charge in [0.2, 0.25) is 0 Å². The van der Waals surface area contributed by atoms with Crippen molar-refractivity contribution in [1.29, 1.82) is 0 Å². The molecule has 0 aromatic heterocycles. The van der Waals surface area contributed by atoms with Gasteiger partial charge in [0.25, 0.3) is 0 Å². The maximum absolute atomic E-state index is 10.7. The van der Waals surface area contributed by atoms with Gasteiger partial charge in [-0.2, -0.15) is 0 Å². The molecule has 0 amide bonds. The minimum atomic E-state index is -0.753. The number of aryl methyl sites for hydroxylation is 2. The normalized spacial score (nSPS) is 10.5. The van der Waals surface area contributed by atoms with Crippen molar-refractivity contribution in [3.05, 3.63) is 34.9 Å². The second kappa shape index (κ2) is 7.10. The highest BCUT2D eigenvalue weighted by Gasteiger charge is 2.05. The number of carboxylic acid groups (broad SMARTS) is 1. The molecule has 0 saturated heterocycles. The van der Waals surface area contributed by atoms with Crippen molar-refractivity contribution >= 4 is 5.97 Å². The maximum Gasteiger partial charge on any atom is 0.307 e. The number of carboxylic acids is 1. The lowest BCUT2D eigenvalue weighted by Crippen LogP contribution is -2.02. The molecule has 1 rings (SSSR count). The van der Waals surface area contributed by atoms with Crippen molar-refractivity contribution in [2.24, 2.45) is 0 Å². The molecule has 0 aliphatic heterocycles. The second-order valence-corrected chi connectivity index (χ2v) is 4.64. The number of hydrogen-bond donors (Lipinski definition) is 1. The molecule has 0 unspecified atom stereocenters. The van der Waals surface area contributed by atoms with Gasteiger partial charge in [0, 0.05) is 0 Å². The van der Waals surface area contributed by atoms with E-state index in [0.29, 0.717) is 0 Å². The lowest BCUT2D eigenvalue weighted by Gasteiger charge is -2.07. The summed E-state index contributed by atoms with van der Waals surface area (Å²) in [7, 11) is 0. The fraction of sp³-hybridized carbons (Fsp3) is 0.533. The zero-order valence-electron chi connectivity index (χ0n) is 10.8. The first-order valence-corrected chi connectivity index (χ1v) is 6.43. The number of rotatable bonds is 7. The van der Waals surface area contributed by atoms with Crippen LogP contribution in [0.1, 0.15) is 49.3 Å². The molecule has 1 aromatic rings. The molecule has 0 radical (unpaired) electrons. The van der Waals surface area contributed by atoms with Crippen LogP contribution >= 0.6 is 0 Å². The lowest BCUT2D eigenvalue weighted by atomic mass is 9.99. The van der Waals surface area contributed by atoms with Crippen molar-refractivity contribution in [2.45, 2.75) is 52.4 Å². The van der Waals surface area contributed by atoms with Crippen molar-refractivity contribution in [3.8, 4) is 0 Å². The average molecular weight is 234 g/mol. The van der Waals surface area contributed by atoms with Gasteiger partial charge < -0.3 is 5.11 Å². The zero-order valence-corrected chi connectivity index (χ0v) is 10.8. The first kappa shape index (κ1) is 13.8. The largest absolute Gasteiger partial charge is 0.481 e. The Balaban J connectivity index is 2.58. The van der Waals surface area contributed by atoms with Gasteiger partial charge in [-0.3, -0.25) is 4.79 Å². The Morgan fingerprint density at radius 1 is 1.24 bits per heavy atom. The Morgan fingerprint density at radius 3 is 2.65 bits per heavy atom. The van der Waals surface area contributed by atoms with E-state index in [-0.39, 0.29) is 6.42 Å². The quantitative estimate of drug-likeness (QED) is 0.730. The molecule has 0 aliphatic rings. The van der Waals surface area contributed by atoms with E-state index < -0.39 is 5.97 Å². The molecule has 0 atom stereocenters. The number of aliphatic carboxylic acids is 1. The number of hydrogen-bond acceptors (Lipinski definition) is 1. The van der Waals surface area contributed by atoms with E-state index in [9.17, 15) is 4.79 Å². The third-order valence-corrected chi connectivity index (χ3v) is 3.07. The van der Waals surface area contributed by atoms with Crippen LogP contribution in [0.2, 0.25) is 0 Å². The maximum atomic E-state index is 10.7. The molecule has 0 heterocycles. The van der Waals surface area contributed by atoms with Gasteiger partial charge in [-0.05, 0) is 36.5 Å². The molecule has 0 fully saturated rings. The van der Waals surface area contributed by atoms with Crippen LogP contribution in [0, 0.1) is 6.92 Å². The first-order valence-electron chi connectivity index (χ1n) is 6.43. The van der Waals surface area contributed by atoms with Crippen LogP contribution in [0.3, 0.4) is 0 Å². The predicted octanol–water partition coefficient (Wildman–Crippen LogP) is 3.74. The Kier molecular flexibility index (Phi) is 5.75. The molecule has 2 nitrogen and oxygen atoms in total. The van der Waals surface area contributed by atoms with E-state index >= 15 is 0 Å². The Labute approximate surface area is 104 Å². The highest BCUT2D eigenvalue weighted by molar-refractivity contribution is 5.70. The summed E-state index contributed by atoms with van der Waals surface area (Å²) < 4.78 is 0. The standard InChI is InChI=1S/C15H22O2/c1-3-4-5-6-7-13-9-8-12(2)14(10-13)11-15(16)17/h8-10H,3-7,11H2,1-2H3,(H,16,17). The third-order valence-electron chi connectivity index (χ3n) is 3.07. The summed E-state index contributed by atoms with van der Waals surface area (Å²) in [5.41, 5.74) is 3.29. The van der Waals surface area contributed by atoms with Crippen molar-refractivity contribution in [3.63, 3.8) is 0 Å². The van der Waals surface area contributed by atoms with E-state index in [4.69, 9.17) is 5.11 Å². The van der Waals surface area contributed by atoms with Crippen LogP contribution in [0.25, 0.3) is 0 Å². The fourth-order valence-corrected chi connectivity index (χ4v) is 1.99. The van der Waals surface area contributed by atoms with Crippen LogP contribution < -0.4 is 0 Å². The summed E-state index contributed by atoms with van der Waals surface area (Å²) in [6.45, 7) is 4.18. The molecule has 17 heavy (non-hydrogen) atoms. The highest BCUT2D eigenvalue weighted by atomic mass is 16.4. The monoisotopic (exact) mass is 234 g/mol. The molecular formula is C15H22O2. The predicted molar refractivity (Wildman–Crippen MR) is 70.4 cm³/mol. The summed E-state index contributed by atoms with van der Waals surface area (Å²) in [6, 6.07) is 6.20. The number of carbonyl (C=O) groups is 1. The van der Waals surface area contributed by atoms with E-state index in [2.05, 4.69) is 19.1 Å². The van der Waals surface area contributed by atoms with E-state index in [0.717, 1.165) is 17.5 Å². The van der Waals surface area contributed by atoms with Gasteiger partial charge in [-0.15, -0.1) is 0 Å². The summed E-state index contributed by atoms with van der Waals surface area (Å²) in [5, 5.41) is 8.83. The molecule has 1 aromatic carbocycles. The zero-order chi connectivity index (χ0) is 12.7. The SMILES string of the molecule is CCCCCCc1ccc(C)c(CC(=O)O)c1. The summed E-state index contributed by atoms with van der Waals surface area (Å²) in [5.74, 6) is -0.753. The van der Waals surface area contributed by atoms with Crippen molar-refractivity contribution in [2.75, 3.05) is 0 Å². The molecule has 0 bridgehead atoms. The van der Waals surface area contributed by atoms with E-state index in [1.165, 1.54) is 31.2 Å². The minimum Gasteiger partial charge on any atom is -0.481 e. The van der Waals surface area contributed by atoms with E-state index in [1.54, 1.807) is 0 Å². The van der Waals surface area contributed by atoms with Crippen LogP contribution in [-0.2, 0) is 17.6 Å². The first-order chi connectivity index (χ1) is 8.13. The fourth-order valence-electron chi connectivity index (χ4n) is 1.99. The molecule has 0 spiro atoms. The number of benzene rings is 1. The summed E-state index contributed by atoms with van der Waals surface area (Å²) in [6.07, 6.45) is 6.19. The van der Waals surface area contributed by atoms with Crippen LogP contribution in [-0.4, -0.2) is 11.1 Å². The lowest BCUT2D eigenvalue weighted by molar-refractivity contribution is -0.136.